The second-order valence-electron chi connectivity index (χ2n) is 4.14. The topological polar surface area (TPSA) is 51.2 Å². The summed E-state index contributed by atoms with van der Waals surface area (Å²) in [6, 6.07) is 7.54. The average Bonchev–Trinajstić information content (AvgIpc) is 2.88. The van der Waals surface area contributed by atoms with E-state index in [4.69, 9.17) is 16.3 Å². The number of halogens is 1. The number of amides is 1. The van der Waals surface area contributed by atoms with E-state index < -0.39 is 0 Å². The van der Waals surface area contributed by atoms with Crippen LogP contribution in [0.4, 0.5) is 0 Å². The number of thiazole rings is 1. The minimum absolute atomic E-state index is 0.0574. The summed E-state index contributed by atoms with van der Waals surface area (Å²) in [5.41, 5.74) is 1.64. The summed E-state index contributed by atoms with van der Waals surface area (Å²) in [5, 5.41) is 6.14. The monoisotopic (exact) mass is 310 g/mol. The molecule has 0 aliphatic rings. The second kappa shape index (κ2) is 7.38. The third kappa shape index (κ3) is 4.03. The third-order valence-electron chi connectivity index (χ3n) is 2.63. The smallest absolute Gasteiger partial charge is 0.226 e. The summed E-state index contributed by atoms with van der Waals surface area (Å²) in [7, 11) is 1.60. The standard InChI is InChI=1S/C14H15ClN2O2S/c1-19-7-6-16-13(18)8-10-9-20-14(17-10)11-4-2-3-5-12(11)15/h2-5,9H,6-8H2,1H3,(H,16,18). The predicted octanol–water partition coefficient (Wildman–Crippen LogP) is 2.77. The lowest BCUT2D eigenvalue weighted by Gasteiger charge is -2.02. The number of nitrogens with one attached hydrogen (secondary N) is 1. The molecule has 0 radical (unpaired) electrons. The van der Waals surface area contributed by atoms with Crippen LogP contribution in [0.5, 0.6) is 0 Å². The normalized spacial score (nSPS) is 10.5. The molecule has 0 unspecified atom stereocenters. The first-order valence-electron chi connectivity index (χ1n) is 6.15. The average molecular weight is 311 g/mol. The van der Waals surface area contributed by atoms with E-state index in [1.165, 1.54) is 11.3 Å². The Balaban J connectivity index is 1.99. The molecule has 0 saturated heterocycles. The van der Waals surface area contributed by atoms with Gasteiger partial charge in [0.05, 0.1) is 23.7 Å². The van der Waals surface area contributed by atoms with E-state index in [0.29, 0.717) is 18.2 Å². The summed E-state index contributed by atoms with van der Waals surface area (Å²) in [6.07, 6.45) is 0.269. The van der Waals surface area contributed by atoms with Crippen LogP contribution < -0.4 is 5.32 Å². The molecule has 1 aromatic heterocycles. The van der Waals surface area contributed by atoms with Gasteiger partial charge < -0.3 is 10.1 Å². The number of benzene rings is 1. The van der Waals surface area contributed by atoms with Crippen LogP contribution in [0.25, 0.3) is 10.6 Å². The van der Waals surface area contributed by atoms with E-state index in [1.54, 1.807) is 7.11 Å². The van der Waals surface area contributed by atoms with Gasteiger partial charge in [0, 0.05) is 24.6 Å². The molecule has 0 fully saturated rings. The summed E-state index contributed by atoms with van der Waals surface area (Å²) in [6.45, 7) is 1.02. The Morgan fingerprint density at radius 1 is 1.45 bits per heavy atom. The molecule has 20 heavy (non-hydrogen) atoms. The molecule has 6 heteroatoms. The number of ether oxygens (including phenoxy) is 1. The molecule has 1 aromatic carbocycles. The highest BCUT2D eigenvalue weighted by Gasteiger charge is 2.10. The van der Waals surface area contributed by atoms with E-state index in [2.05, 4.69) is 10.3 Å². The molecule has 1 heterocycles. The van der Waals surface area contributed by atoms with E-state index in [0.717, 1.165) is 16.3 Å². The molecule has 2 aromatic rings. The quantitative estimate of drug-likeness (QED) is 0.835. The van der Waals surface area contributed by atoms with Crippen LogP contribution in [0.3, 0.4) is 0 Å². The van der Waals surface area contributed by atoms with Gasteiger partial charge in [-0.15, -0.1) is 11.3 Å². The lowest BCUT2D eigenvalue weighted by molar-refractivity contribution is -0.120. The minimum atomic E-state index is -0.0574. The van der Waals surface area contributed by atoms with Crippen LogP contribution in [0.15, 0.2) is 29.6 Å². The third-order valence-corrected chi connectivity index (χ3v) is 3.88. The van der Waals surface area contributed by atoms with Crippen molar-refractivity contribution in [3.63, 3.8) is 0 Å². The van der Waals surface area contributed by atoms with Gasteiger partial charge in [0.2, 0.25) is 5.91 Å². The number of methoxy groups -OCH3 is 1. The van der Waals surface area contributed by atoms with Crippen molar-refractivity contribution in [2.24, 2.45) is 0 Å². The highest BCUT2D eigenvalue weighted by molar-refractivity contribution is 7.13. The van der Waals surface area contributed by atoms with Crippen LogP contribution in [0.2, 0.25) is 5.02 Å². The lowest BCUT2D eigenvalue weighted by Crippen LogP contribution is -2.28. The first-order chi connectivity index (χ1) is 9.70. The van der Waals surface area contributed by atoms with Crippen molar-refractivity contribution in [1.82, 2.24) is 10.3 Å². The van der Waals surface area contributed by atoms with Crippen molar-refractivity contribution in [3.05, 3.63) is 40.4 Å². The van der Waals surface area contributed by atoms with Gasteiger partial charge in [0.25, 0.3) is 0 Å². The van der Waals surface area contributed by atoms with Gasteiger partial charge in [0.1, 0.15) is 5.01 Å². The maximum Gasteiger partial charge on any atom is 0.226 e. The highest BCUT2D eigenvalue weighted by Crippen LogP contribution is 2.30. The van der Waals surface area contributed by atoms with E-state index >= 15 is 0 Å². The number of rotatable bonds is 6. The van der Waals surface area contributed by atoms with E-state index in [9.17, 15) is 4.79 Å². The maximum absolute atomic E-state index is 11.7. The number of hydrogen-bond acceptors (Lipinski definition) is 4. The van der Waals surface area contributed by atoms with Gasteiger partial charge >= 0.3 is 0 Å². The van der Waals surface area contributed by atoms with Crippen LogP contribution in [0.1, 0.15) is 5.69 Å². The fourth-order valence-electron chi connectivity index (χ4n) is 1.67. The molecule has 0 aliphatic carbocycles. The van der Waals surface area contributed by atoms with E-state index in [-0.39, 0.29) is 12.3 Å². The van der Waals surface area contributed by atoms with Crippen LogP contribution in [-0.2, 0) is 16.0 Å². The van der Waals surface area contributed by atoms with Crippen LogP contribution >= 0.6 is 22.9 Å². The van der Waals surface area contributed by atoms with Gasteiger partial charge in [-0.2, -0.15) is 0 Å². The Kier molecular flexibility index (Phi) is 5.52. The molecular formula is C14H15ClN2O2S. The highest BCUT2D eigenvalue weighted by atomic mass is 35.5. The molecular weight excluding hydrogens is 296 g/mol. The summed E-state index contributed by atoms with van der Waals surface area (Å²) < 4.78 is 4.87. The zero-order valence-electron chi connectivity index (χ0n) is 11.1. The van der Waals surface area contributed by atoms with Gasteiger partial charge in [-0.25, -0.2) is 4.98 Å². The fourth-order valence-corrected chi connectivity index (χ4v) is 2.81. The van der Waals surface area contributed by atoms with Crippen molar-refractivity contribution in [3.8, 4) is 10.6 Å². The van der Waals surface area contributed by atoms with Gasteiger partial charge in [-0.1, -0.05) is 29.8 Å². The fraction of sp³-hybridized carbons (Fsp3) is 0.286. The number of aromatic nitrogens is 1. The molecule has 0 saturated carbocycles. The SMILES string of the molecule is COCCNC(=O)Cc1csc(-c2ccccc2Cl)n1. The van der Waals surface area contributed by atoms with E-state index in [1.807, 2.05) is 29.6 Å². The minimum Gasteiger partial charge on any atom is -0.383 e. The molecule has 1 amide bonds. The van der Waals surface area contributed by atoms with Gasteiger partial charge in [-0.05, 0) is 6.07 Å². The molecule has 0 aliphatic heterocycles. The predicted molar refractivity (Wildman–Crippen MR) is 81.1 cm³/mol. The van der Waals surface area contributed by atoms with Crippen molar-refractivity contribution in [1.29, 1.82) is 0 Å². The van der Waals surface area contributed by atoms with Crippen molar-refractivity contribution in [2.45, 2.75) is 6.42 Å². The first kappa shape index (κ1) is 15.0. The lowest BCUT2D eigenvalue weighted by atomic mass is 10.2. The molecule has 2 rings (SSSR count). The molecule has 0 atom stereocenters. The van der Waals surface area contributed by atoms with Gasteiger partial charge in [0.15, 0.2) is 0 Å². The number of hydrogen-bond donors (Lipinski definition) is 1. The molecule has 4 nitrogen and oxygen atoms in total. The van der Waals surface area contributed by atoms with Crippen LogP contribution in [0, 0.1) is 0 Å². The first-order valence-corrected chi connectivity index (χ1v) is 7.41. The Morgan fingerprint density at radius 2 is 2.25 bits per heavy atom. The summed E-state index contributed by atoms with van der Waals surface area (Å²) >= 11 is 7.62. The Morgan fingerprint density at radius 3 is 3.00 bits per heavy atom. The maximum atomic E-state index is 11.7. The van der Waals surface area contributed by atoms with Crippen molar-refractivity contribution in [2.75, 3.05) is 20.3 Å². The molecule has 106 valence electrons. The van der Waals surface area contributed by atoms with Gasteiger partial charge in [-0.3, -0.25) is 4.79 Å². The number of carbonyl (C=O) groups excluding carboxylic acids is 1. The Labute approximate surface area is 126 Å². The van der Waals surface area contributed by atoms with Crippen molar-refractivity contribution >= 4 is 28.8 Å². The zero-order chi connectivity index (χ0) is 14.4. The van der Waals surface area contributed by atoms with Crippen molar-refractivity contribution < 1.29 is 9.53 Å². The molecule has 1 N–H and O–H groups in total. The van der Waals surface area contributed by atoms with Crippen LogP contribution in [-0.4, -0.2) is 31.2 Å². The largest absolute Gasteiger partial charge is 0.383 e. The Bertz CT molecular complexity index is 586. The zero-order valence-corrected chi connectivity index (χ0v) is 12.6. The molecule has 0 bridgehead atoms. The summed E-state index contributed by atoms with van der Waals surface area (Å²) in [4.78, 5) is 16.1. The number of nitrogens with zero attached hydrogens (tertiary/aromatic N) is 1. The Hall–Kier alpha value is -1.43. The number of carbonyl (C=O) groups is 1. The second-order valence-corrected chi connectivity index (χ2v) is 5.41. The molecule has 0 spiro atoms. The summed E-state index contributed by atoms with van der Waals surface area (Å²) in [5.74, 6) is -0.0574.